The third-order valence-corrected chi connectivity index (χ3v) is 3.68. The zero-order valence-electron chi connectivity index (χ0n) is 10.7. The van der Waals surface area contributed by atoms with E-state index in [9.17, 15) is 0 Å². The van der Waals surface area contributed by atoms with E-state index in [1.165, 1.54) is 18.4 Å². The van der Waals surface area contributed by atoms with Crippen molar-refractivity contribution in [1.29, 1.82) is 0 Å². The van der Waals surface area contributed by atoms with Gasteiger partial charge in [0.1, 0.15) is 0 Å². The Morgan fingerprint density at radius 2 is 2.29 bits per heavy atom. The highest BCUT2D eigenvalue weighted by Gasteiger charge is 2.23. The van der Waals surface area contributed by atoms with E-state index in [-0.39, 0.29) is 0 Å². The first-order chi connectivity index (χ1) is 8.20. The summed E-state index contributed by atoms with van der Waals surface area (Å²) in [7, 11) is 1.80. The van der Waals surface area contributed by atoms with Crippen LogP contribution in [0.3, 0.4) is 0 Å². The third kappa shape index (κ3) is 2.99. The second-order valence-corrected chi connectivity index (χ2v) is 4.84. The molecule has 1 saturated heterocycles. The highest BCUT2D eigenvalue weighted by atomic mass is 16.5. The van der Waals surface area contributed by atoms with Gasteiger partial charge in [0, 0.05) is 25.4 Å². The normalized spacial score (nSPS) is 23.5. The Balaban J connectivity index is 2.06. The van der Waals surface area contributed by atoms with Crippen molar-refractivity contribution in [3.05, 3.63) is 29.8 Å². The molecule has 3 heteroatoms. The number of nitrogen functional groups attached to an aromatic ring is 1. The van der Waals surface area contributed by atoms with Gasteiger partial charge in [-0.2, -0.15) is 0 Å². The molecule has 0 bridgehead atoms. The molecule has 0 radical (unpaired) electrons. The number of ether oxygens (including phenoxy) is 1. The Morgan fingerprint density at radius 1 is 1.47 bits per heavy atom. The highest BCUT2D eigenvalue weighted by molar-refractivity contribution is 5.41. The SMILES string of the molecule is COC1CCCN(C(C)c2cccc(N)c2)C1. The minimum atomic E-state index is 0.382. The molecule has 1 aromatic rings. The van der Waals surface area contributed by atoms with Crippen LogP contribution in [0.2, 0.25) is 0 Å². The number of nitrogens with two attached hydrogens (primary N) is 1. The fourth-order valence-electron chi connectivity index (χ4n) is 2.54. The highest BCUT2D eigenvalue weighted by Crippen LogP contribution is 2.25. The van der Waals surface area contributed by atoms with E-state index in [0.29, 0.717) is 12.1 Å². The molecule has 1 aliphatic heterocycles. The molecular formula is C14H22N2O. The van der Waals surface area contributed by atoms with Gasteiger partial charge in [-0.3, -0.25) is 4.90 Å². The van der Waals surface area contributed by atoms with Gasteiger partial charge in [0.2, 0.25) is 0 Å². The lowest BCUT2D eigenvalue weighted by atomic mass is 10.0. The minimum absolute atomic E-state index is 0.382. The Morgan fingerprint density at radius 3 is 3.00 bits per heavy atom. The fraction of sp³-hybridized carbons (Fsp3) is 0.571. The van der Waals surface area contributed by atoms with Crippen molar-refractivity contribution in [2.24, 2.45) is 0 Å². The predicted molar refractivity (Wildman–Crippen MR) is 70.9 cm³/mol. The molecule has 2 rings (SSSR count). The number of hydrogen-bond acceptors (Lipinski definition) is 3. The van der Waals surface area contributed by atoms with E-state index >= 15 is 0 Å². The van der Waals surface area contributed by atoms with Crippen molar-refractivity contribution >= 4 is 5.69 Å². The van der Waals surface area contributed by atoms with Crippen LogP contribution in [-0.2, 0) is 4.74 Å². The molecule has 17 heavy (non-hydrogen) atoms. The number of hydrogen-bond donors (Lipinski definition) is 1. The maximum absolute atomic E-state index is 5.84. The molecule has 1 fully saturated rings. The number of nitrogens with zero attached hydrogens (tertiary/aromatic N) is 1. The van der Waals surface area contributed by atoms with Gasteiger partial charge in [-0.1, -0.05) is 12.1 Å². The smallest absolute Gasteiger partial charge is 0.0698 e. The number of likely N-dealkylation sites (tertiary alicyclic amines) is 1. The van der Waals surface area contributed by atoms with E-state index < -0.39 is 0 Å². The summed E-state index contributed by atoms with van der Waals surface area (Å²) in [6.45, 7) is 4.41. The summed E-state index contributed by atoms with van der Waals surface area (Å²) < 4.78 is 5.46. The summed E-state index contributed by atoms with van der Waals surface area (Å²) in [5.74, 6) is 0. The van der Waals surface area contributed by atoms with Gasteiger partial charge >= 0.3 is 0 Å². The lowest BCUT2D eigenvalue weighted by Gasteiger charge is -2.36. The maximum atomic E-state index is 5.84. The van der Waals surface area contributed by atoms with Crippen molar-refractivity contribution in [2.75, 3.05) is 25.9 Å². The predicted octanol–water partition coefficient (Wildman–Crippen LogP) is 2.44. The molecule has 0 aromatic heterocycles. The van der Waals surface area contributed by atoms with Gasteiger partial charge < -0.3 is 10.5 Å². The Bertz CT molecular complexity index is 367. The number of anilines is 1. The molecule has 0 saturated carbocycles. The molecule has 2 unspecified atom stereocenters. The molecule has 0 spiro atoms. The average Bonchev–Trinajstić information content (AvgIpc) is 2.38. The maximum Gasteiger partial charge on any atom is 0.0698 e. The van der Waals surface area contributed by atoms with E-state index in [1.807, 2.05) is 12.1 Å². The average molecular weight is 234 g/mol. The van der Waals surface area contributed by atoms with Gasteiger partial charge in [-0.25, -0.2) is 0 Å². The molecular weight excluding hydrogens is 212 g/mol. The fourth-order valence-corrected chi connectivity index (χ4v) is 2.54. The van der Waals surface area contributed by atoms with Crippen LogP contribution >= 0.6 is 0 Å². The van der Waals surface area contributed by atoms with Gasteiger partial charge in [-0.05, 0) is 44.0 Å². The van der Waals surface area contributed by atoms with Gasteiger partial charge in [0.15, 0.2) is 0 Å². The van der Waals surface area contributed by atoms with Crippen LogP contribution in [0, 0.1) is 0 Å². The third-order valence-electron chi connectivity index (χ3n) is 3.68. The van der Waals surface area contributed by atoms with Crippen LogP contribution < -0.4 is 5.73 Å². The van der Waals surface area contributed by atoms with Gasteiger partial charge in [-0.15, -0.1) is 0 Å². The lowest BCUT2D eigenvalue weighted by molar-refractivity contribution is 0.0171. The summed E-state index contributed by atoms with van der Waals surface area (Å²) in [6, 6.07) is 8.60. The van der Waals surface area contributed by atoms with Gasteiger partial charge in [0.05, 0.1) is 6.10 Å². The summed E-state index contributed by atoms with van der Waals surface area (Å²) in [5, 5.41) is 0. The molecule has 1 aliphatic rings. The second kappa shape index (κ2) is 5.52. The quantitative estimate of drug-likeness (QED) is 0.816. The first-order valence-electron chi connectivity index (χ1n) is 6.33. The second-order valence-electron chi connectivity index (χ2n) is 4.84. The van der Waals surface area contributed by atoms with Crippen molar-refractivity contribution in [1.82, 2.24) is 4.90 Å². The van der Waals surface area contributed by atoms with E-state index in [4.69, 9.17) is 10.5 Å². The van der Waals surface area contributed by atoms with Crippen molar-refractivity contribution < 1.29 is 4.74 Å². The van der Waals surface area contributed by atoms with Crippen LogP contribution in [-0.4, -0.2) is 31.2 Å². The summed E-state index contributed by atoms with van der Waals surface area (Å²) >= 11 is 0. The first kappa shape index (κ1) is 12.4. The lowest BCUT2D eigenvalue weighted by Crippen LogP contribution is -2.40. The van der Waals surface area contributed by atoms with E-state index in [1.54, 1.807) is 7.11 Å². The monoisotopic (exact) mass is 234 g/mol. The first-order valence-corrected chi connectivity index (χ1v) is 6.33. The largest absolute Gasteiger partial charge is 0.399 e. The zero-order valence-corrected chi connectivity index (χ0v) is 10.7. The molecule has 2 atom stereocenters. The van der Waals surface area contributed by atoms with Crippen LogP contribution in [0.15, 0.2) is 24.3 Å². The van der Waals surface area contributed by atoms with Crippen molar-refractivity contribution in [2.45, 2.75) is 31.9 Å². The summed E-state index contributed by atoms with van der Waals surface area (Å²) in [6.07, 6.45) is 2.77. The number of rotatable bonds is 3. The molecule has 1 aromatic carbocycles. The van der Waals surface area contributed by atoms with Crippen LogP contribution in [0.5, 0.6) is 0 Å². The summed E-state index contributed by atoms with van der Waals surface area (Å²) in [5.41, 5.74) is 7.97. The Kier molecular flexibility index (Phi) is 4.02. The molecule has 1 heterocycles. The van der Waals surface area contributed by atoms with Crippen LogP contribution in [0.4, 0.5) is 5.69 Å². The molecule has 0 aliphatic carbocycles. The van der Waals surface area contributed by atoms with Crippen LogP contribution in [0.25, 0.3) is 0 Å². The molecule has 3 nitrogen and oxygen atoms in total. The number of benzene rings is 1. The van der Waals surface area contributed by atoms with Gasteiger partial charge in [0.25, 0.3) is 0 Å². The van der Waals surface area contributed by atoms with Crippen molar-refractivity contribution in [3.8, 4) is 0 Å². The van der Waals surface area contributed by atoms with Crippen LogP contribution in [0.1, 0.15) is 31.4 Å². The number of piperidine rings is 1. The molecule has 0 amide bonds. The molecule has 2 N–H and O–H groups in total. The summed E-state index contributed by atoms with van der Waals surface area (Å²) in [4.78, 5) is 2.48. The van der Waals surface area contributed by atoms with E-state index in [0.717, 1.165) is 18.8 Å². The van der Waals surface area contributed by atoms with Crippen molar-refractivity contribution in [3.63, 3.8) is 0 Å². The standard InChI is InChI=1S/C14H22N2O/c1-11(12-5-3-6-13(15)9-12)16-8-4-7-14(10-16)17-2/h3,5-6,9,11,14H,4,7-8,10,15H2,1-2H3. The Hall–Kier alpha value is -1.06. The minimum Gasteiger partial charge on any atom is -0.399 e. The Labute approximate surface area is 104 Å². The molecule has 94 valence electrons. The topological polar surface area (TPSA) is 38.5 Å². The van der Waals surface area contributed by atoms with E-state index in [2.05, 4.69) is 24.0 Å². The number of methoxy groups -OCH3 is 1. The zero-order chi connectivity index (χ0) is 12.3.